The van der Waals surface area contributed by atoms with Crippen molar-refractivity contribution < 1.29 is 28.5 Å². The lowest BCUT2D eigenvalue weighted by molar-refractivity contribution is -0.143. The van der Waals surface area contributed by atoms with Crippen LogP contribution in [0.3, 0.4) is 0 Å². The summed E-state index contributed by atoms with van der Waals surface area (Å²) < 4.78 is 22.8. The first kappa shape index (κ1) is 36.6. The monoisotopic (exact) mass is 605 g/mol. The van der Waals surface area contributed by atoms with Crippen molar-refractivity contribution in [1.29, 1.82) is 0 Å². The number of carbonyl (C=O) groups excluding carboxylic acids is 2. The van der Waals surface area contributed by atoms with E-state index in [1.165, 1.54) is 0 Å². The molecular formula is C32H48ClN3O6. The standard InChI is InChI=1S/C32H47N3O6.ClH/c1-6-38-31(36)12-8-11-21-41-30-22-28(17-18-29(30)32(37)35(24(2)3)25(4)5)40-20-10-7-9-19-39-27-15-13-26(14-16-27)23-34-33;/h13-18,22-25H,6-12,19-21,33H2,1-5H3;1H. The third kappa shape index (κ3) is 13.0. The van der Waals surface area contributed by atoms with Gasteiger partial charge in [-0.1, -0.05) is 0 Å². The van der Waals surface area contributed by atoms with Gasteiger partial charge in [-0.05, 0) is 109 Å². The van der Waals surface area contributed by atoms with Gasteiger partial charge in [-0.15, -0.1) is 12.4 Å². The van der Waals surface area contributed by atoms with Crippen molar-refractivity contribution in [2.75, 3.05) is 26.4 Å². The fraction of sp³-hybridized carbons (Fsp3) is 0.531. The molecule has 0 aliphatic heterocycles. The largest absolute Gasteiger partial charge is 0.494 e. The van der Waals surface area contributed by atoms with Gasteiger partial charge >= 0.3 is 5.97 Å². The highest BCUT2D eigenvalue weighted by Crippen LogP contribution is 2.28. The van der Waals surface area contributed by atoms with Gasteiger partial charge in [0.05, 0.1) is 38.2 Å². The highest BCUT2D eigenvalue weighted by molar-refractivity contribution is 5.97. The Bertz CT molecular complexity index is 1080. The highest BCUT2D eigenvalue weighted by atomic mass is 35.5. The second kappa shape index (κ2) is 20.4. The predicted octanol–water partition coefficient (Wildman–Crippen LogP) is 6.40. The Labute approximate surface area is 257 Å². The molecule has 0 heterocycles. The van der Waals surface area contributed by atoms with Gasteiger partial charge in [0.15, 0.2) is 0 Å². The molecule has 0 aliphatic carbocycles. The van der Waals surface area contributed by atoms with Gasteiger partial charge in [0, 0.05) is 24.6 Å². The zero-order chi connectivity index (χ0) is 30.0. The van der Waals surface area contributed by atoms with E-state index in [4.69, 9.17) is 24.8 Å². The fourth-order valence-electron chi connectivity index (χ4n) is 4.38. The maximum atomic E-state index is 13.4. The number of benzene rings is 2. The van der Waals surface area contributed by atoms with E-state index < -0.39 is 0 Å². The van der Waals surface area contributed by atoms with E-state index in [-0.39, 0.29) is 36.4 Å². The average molecular weight is 606 g/mol. The summed E-state index contributed by atoms with van der Waals surface area (Å²) in [7, 11) is 0. The minimum Gasteiger partial charge on any atom is -0.494 e. The van der Waals surface area contributed by atoms with E-state index in [2.05, 4.69) is 5.10 Å². The summed E-state index contributed by atoms with van der Waals surface area (Å²) in [4.78, 5) is 26.9. The third-order valence-corrected chi connectivity index (χ3v) is 6.30. The smallest absolute Gasteiger partial charge is 0.305 e. The Morgan fingerprint density at radius 2 is 1.40 bits per heavy atom. The molecule has 10 heteroatoms. The number of rotatable bonds is 19. The van der Waals surface area contributed by atoms with Crippen LogP contribution in [0.4, 0.5) is 0 Å². The van der Waals surface area contributed by atoms with Gasteiger partial charge < -0.3 is 29.7 Å². The molecule has 42 heavy (non-hydrogen) atoms. The molecule has 0 saturated heterocycles. The van der Waals surface area contributed by atoms with Crippen LogP contribution >= 0.6 is 12.4 Å². The van der Waals surface area contributed by atoms with E-state index in [1.54, 1.807) is 25.3 Å². The van der Waals surface area contributed by atoms with E-state index in [0.717, 1.165) is 30.6 Å². The number of esters is 1. The molecule has 9 nitrogen and oxygen atoms in total. The van der Waals surface area contributed by atoms with E-state index in [9.17, 15) is 9.59 Å². The van der Waals surface area contributed by atoms with Crippen molar-refractivity contribution in [3.8, 4) is 17.2 Å². The summed E-state index contributed by atoms with van der Waals surface area (Å²) in [6.07, 6.45) is 5.99. The number of nitrogens with two attached hydrogens (primary N) is 1. The number of nitrogens with zero attached hydrogens (tertiary/aromatic N) is 2. The predicted molar refractivity (Wildman–Crippen MR) is 169 cm³/mol. The lowest BCUT2D eigenvalue weighted by atomic mass is 10.1. The Kier molecular flexibility index (Phi) is 17.8. The summed E-state index contributed by atoms with van der Waals surface area (Å²) >= 11 is 0. The molecule has 1 amide bonds. The normalized spacial score (nSPS) is 10.9. The fourth-order valence-corrected chi connectivity index (χ4v) is 4.38. The van der Waals surface area contributed by atoms with Crippen LogP contribution in [-0.2, 0) is 9.53 Å². The molecule has 2 aromatic rings. The van der Waals surface area contributed by atoms with Gasteiger partial charge in [-0.25, -0.2) is 0 Å². The number of hydrogen-bond acceptors (Lipinski definition) is 8. The number of amides is 1. The number of hydrogen-bond donors (Lipinski definition) is 1. The average Bonchev–Trinajstić information content (AvgIpc) is 2.93. The molecule has 234 valence electrons. The molecule has 2 aromatic carbocycles. The molecule has 2 rings (SSSR count). The van der Waals surface area contributed by atoms with E-state index in [0.29, 0.717) is 62.8 Å². The SMILES string of the molecule is CCOC(=O)CCCCOc1cc(OCCCCCOc2ccc(C=NN)cc2)ccc1C(=O)N(C(C)C)C(C)C.Cl. The minimum absolute atomic E-state index is 0. The molecule has 0 spiro atoms. The zero-order valence-corrected chi connectivity index (χ0v) is 26.5. The van der Waals surface area contributed by atoms with E-state index >= 15 is 0 Å². The van der Waals surface area contributed by atoms with Gasteiger partial charge in [0.2, 0.25) is 0 Å². The Balaban J connectivity index is 0.00000882. The van der Waals surface area contributed by atoms with Gasteiger partial charge in [-0.2, -0.15) is 5.10 Å². The molecule has 0 saturated carbocycles. The Hall–Kier alpha value is -3.46. The minimum atomic E-state index is -0.206. The van der Waals surface area contributed by atoms with Crippen molar-refractivity contribution in [3.05, 3.63) is 53.6 Å². The number of unbranched alkanes of at least 4 members (excludes halogenated alkanes) is 3. The maximum Gasteiger partial charge on any atom is 0.305 e. The van der Waals surface area contributed by atoms with Crippen LogP contribution in [0.1, 0.15) is 89.1 Å². The lowest BCUT2D eigenvalue weighted by Gasteiger charge is -2.31. The number of carbonyl (C=O) groups is 2. The van der Waals surface area contributed by atoms with Crippen LogP contribution < -0.4 is 20.1 Å². The van der Waals surface area contributed by atoms with Crippen LogP contribution in [0.25, 0.3) is 0 Å². The first-order valence-corrected chi connectivity index (χ1v) is 14.6. The van der Waals surface area contributed by atoms with Crippen molar-refractivity contribution in [2.24, 2.45) is 10.9 Å². The first-order chi connectivity index (χ1) is 19.8. The summed E-state index contributed by atoms with van der Waals surface area (Å²) in [5.74, 6) is 6.84. The van der Waals surface area contributed by atoms with Crippen LogP contribution in [0, 0.1) is 0 Å². The van der Waals surface area contributed by atoms with Crippen LogP contribution in [0.15, 0.2) is 47.6 Å². The van der Waals surface area contributed by atoms with Crippen LogP contribution in [0.5, 0.6) is 17.2 Å². The van der Waals surface area contributed by atoms with Crippen molar-refractivity contribution >= 4 is 30.5 Å². The number of ether oxygens (including phenoxy) is 4. The quantitative estimate of drug-likeness (QED) is 0.0648. The van der Waals surface area contributed by atoms with Crippen molar-refractivity contribution in [2.45, 2.75) is 85.2 Å². The molecule has 0 aromatic heterocycles. The molecule has 0 fully saturated rings. The molecule has 0 bridgehead atoms. The summed E-state index contributed by atoms with van der Waals surface area (Å²) in [6.45, 7) is 11.7. The van der Waals surface area contributed by atoms with Gasteiger partial charge in [0.1, 0.15) is 17.2 Å². The molecule has 0 unspecified atom stereocenters. The number of hydrazone groups is 1. The van der Waals surface area contributed by atoms with Crippen molar-refractivity contribution in [3.63, 3.8) is 0 Å². The number of halogens is 1. The van der Waals surface area contributed by atoms with Crippen molar-refractivity contribution in [1.82, 2.24) is 4.90 Å². The summed E-state index contributed by atoms with van der Waals surface area (Å²) in [5, 5.41) is 3.51. The molecule has 0 atom stereocenters. The molecule has 0 aliphatic rings. The summed E-state index contributed by atoms with van der Waals surface area (Å²) in [6, 6.07) is 13.1. The Morgan fingerprint density at radius 1 is 0.833 bits per heavy atom. The van der Waals surface area contributed by atoms with Crippen LogP contribution in [0.2, 0.25) is 0 Å². The molecule has 0 radical (unpaired) electrons. The van der Waals surface area contributed by atoms with Crippen LogP contribution in [-0.4, -0.2) is 61.5 Å². The second-order valence-corrected chi connectivity index (χ2v) is 10.3. The topological polar surface area (TPSA) is 113 Å². The van der Waals surface area contributed by atoms with Gasteiger partial charge in [0.25, 0.3) is 5.91 Å². The Morgan fingerprint density at radius 3 is 2.00 bits per heavy atom. The zero-order valence-electron chi connectivity index (χ0n) is 25.7. The highest BCUT2D eigenvalue weighted by Gasteiger charge is 2.25. The summed E-state index contributed by atoms with van der Waals surface area (Å²) in [5.41, 5.74) is 1.43. The maximum absolute atomic E-state index is 13.4. The molecular weight excluding hydrogens is 558 g/mol. The van der Waals surface area contributed by atoms with E-state index in [1.807, 2.05) is 62.9 Å². The lowest BCUT2D eigenvalue weighted by Crippen LogP contribution is -2.42. The van der Waals surface area contributed by atoms with Gasteiger partial charge in [-0.3, -0.25) is 9.59 Å². The first-order valence-electron chi connectivity index (χ1n) is 14.6. The second-order valence-electron chi connectivity index (χ2n) is 10.3. The third-order valence-electron chi connectivity index (χ3n) is 6.30. The molecule has 2 N–H and O–H groups in total.